The Kier molecular flexibility index (Phi) is 3.26. The lowest BCUT2D eigenvalue weighted by molar-refractivity contribution is -0.384. The summed E-state index contributed by atoms with van der Waals surface area (Å²) in [5.41, 5.74) is 1.98. The minimum absolute atomic E-state index is 0.0403. The molecule has 0 aliphatic heterocycles. The van der Waals surface area contributed by atoms with Gasteiger partial charge in [-0.1, -0.05) is 0 Å². The van der Waals surface area contributed by atoms with E-state index in [4.69, 9.17) is 0 Å². The van der Waals surface area contributed by atoms with Gasteiger partial charge in [-0.3, -0.25) is 10.1 Å². The second-order valence-electron chi connectivity index (χ2n) is 4.49. The second-order valence-corrected chi connectivity index (χ2v) is 4.49. The average Bonchev–Trinajstić information content (AvgIpc) is 3.02. The van der Waals surface area contributed by atoms with E-state index in [1.807, 2.05) is 0 Å². The number of rotatable bonds is 3. The van der Waals surface area contributed by atoms with Gasteiger partial charge in [-0.05, 0) is 18.2 Å². The maximum Gasteiger partial charge on any atom is 0.354 e. The number of esters is 1. The summed E-state index contributed by atoms with van der Waals surface area (Å²) in [6.07, 6.45) is 1.49. The van der Waals surface area contributed by atoms with Gasteiger partial charge in [-0.15, -0.1) is 0 Å². The Morgan fingerprint density at radius 2 is 2.14 bits per heavy atom. The molecule has 0 saturated carbocycles. The van der Waals surface area contributed by atoms with E-state index in [2.05, 4.69) is 19.9 Å². The first-order valence-electron chi connectivity index (χ1n) is 6.27. The Balaban J connectivity index is 2.17. The second kappa shape index (κ2) is 5.24. The van der Waals surface area contributed by atoms with Gasteiger partial charge in [0.25, 0.3) is 5.69 Å². The van der Waals surface area contributed by atoms with Crippen molar-refractivity contribution < 1.29 is 14.5 Å². The van der Waals surface area contributed by atoms with Crippen LogP contribution in [0.5, 0.6) is 0 Å². The number of carbonyl (C=O) groups excluding carboxylic acids is 1. The molecule has 0 fully saturated rings. The zero-order valence-electron chi connectivity index (χ0n) is 11.4. The van der Waals surface area contributed by atoms with E-state index in [0.29, 0.717) is 22.2 Å². The number of carbonyl (C=O) groups is 1. The highest BCUT2D eigenvalue weighted by Crippen LogP contribution is 2.28. The predicted octanol–water partition coefficient (Wildman–Crippen LogP) is 2.32. The van der Waals surface area contributed by atoms with Gasteiger partial charge < -0.3 is 9.72 Å². The van der Waals surface area contributed by atoms with Crippen molar-refractivity contribution in [1.82, 2.24) is 15.2 Å². The Hall–Kier alpha value is -3.29. The summed E-state index contributed by atoms with van der Waals surface area (Å²) in [6.45, 7) is 0. The maximum atomic E-state index is 11.5. The summed E-state index contributed by atoms with van der Waals surface area (Å²) in [5.74, 6) is -0.497. The maximum absolute atomic E-state index is 11.5. The standard InChI is InChI=1S/C14H10N4O4/c1-22-14(19)13-5-4-11(16-13)10-7-15-17-12-3-2-8(18(20)21)6-9(10)12/h2-7,16H,1H3. The lowest BCUT2D eigenvalue weighted by Gasteiger charge is -2.03. The number of H-pyrrole nitrogens is 1. The van der Waals surface area contributed by atoms with E-state index in [9.17, 15) is 14.9 Å². The van der Waals surface area contributed by atoms with Gasteiger partial charge in [0, 0.05) is 28.8 Å². The molecule has 8 nitrogen and oxygen atoms in total. The highest BCUT2D eigenvalue weighted by Gasteiger charge is 2.14. The summed E-state index contributed by atoms with van der Waals surface area (Å²) in [7, 11) is 1.29. The van der Waals surface area contributed by atoms with Crippen LogP contribution in [-0.4, -0.2) is 33.2 Å². The molecule has 110 valence electrons. The number of aromatic amines is 1. The van der Waals surface area contributed by atoms with Gasteiger partial charge in [-0.2, -0.15) is 10.2 Å². The van der Waals surface area contributed by atoms with Crippen LogP contribution in [0.4, 0.5) is 5.69 Å². The molecule has 0 radical (unpaired) electrons. The van der Waals surface area contributed by atoms with Crippen molar-refractivity contribution in [3.63, 3.8) is 0 Å². The van der Waals surface area contributed by atoms with Crippen LogP contribution in [-0.2, 0) is 4.74 Å². The number of benzene rings is 1. The highest BCUT2D eigenvalue weighted by molar-refractivity contribution is 5.95. The molecule has 0 amide bonds. The molecule has 0 aliphatic carbocycles. The fraction of sp³-hybridized carbons (Fsp3) is 0.0714. The van der Waals surface area contributed by atoms with Crippen molar-refractivity contribution >= 4 is 22.6 Å². The van der Waals surface area contributed by atoms with Gasteiger partial charge in [0.05, 0.1) is 23.7 Å². The van der Waals surface area contributed by atoms with E-state index in [1.54, 1.807) is 12.1 Å². The average molecular weight is 298 g/mol. The van der Waals surface area contributed by atoms with Gasteiger partial charge in [-0.25, -0.2) is 4.79 Å². The van der Waals surface area contributed by atoms with Gasteiger partial charge in [0.1, 0.15) is 5.69 Å². The molecule has 1 aromatic carbocycles. The molecular weight excluding hydrogens is 288 g/mol. The van der Waals surface area contributed by atoms with E-state index < -0.39 is 10.9 Å². The summed E-state index contributed by atoms with van der Waals surface area (Å²) >= 11 is 0. The number of nitrogens with zero attached hydrogens (tertiary/aromatic N) is 3. The van der Waals surface area contributed by atoms with E-state index in [-0.39, 0.29) is 11.4 Å². The van der Waals surface area contributed by atoms with Crippen molar-refractivity contribution in [3.8, 4) is 11.3 Å². The molecule has 3 aromatic rings. The molecule has 0 saturated heterocycles. The van der Waals surface area contributed by atoms with E-state index >= 15 is 0 Å². The number of methoxy groups -OCH3 is 1. The number of nitro benzene ring substituents is 1. The largest absolute Gasteiger partial charge is 0.464 e. The number of ether oxygens (including phenoxy) is 1. The SMILES string of the molecule is COC(=O)c1ccc(-c2cnnc3ccc([N+](=O)[O-])cc23)[nH]1. The van der Waals surface area contributed by atoms with Crippen molar-refractivity contribution in [2.75, 3.05) is 7.11 Å². The van der Waals surface area contributed by atoms with E-state index in [0.717, 1.165) is 0 Å². The third kappa shape index (κ3) is 2.26. The zero-order valence-corrected chi connectivity index (χ0v) is 11.4. The van der Waals surface area contributed by atoms with Crippen LogP contribution in [0, 0.1) is 10.1 Å². The van der Waals surface area contributed by atoms with Crippen LogP contribution in [0.1, 0.15) is 10.5 Å². The Morgan fingerprint density at radius 1 is 1.32 bits per heavy atom. The summed E-state index contributed by atoms with van der Waals surface area (Å²) in [6, 6.07) is 7.59. The normalized spacial score (nSPS) is 10.6. The Labute approximate surface area is 123 Å². The quantitative estimate of drug-likeness (QED) is 0.451. The molecule has 0 atom stereocenters. The van der Waals surface area contributed by atoms with Crippen LogP contribution in [0.15, 0.2) is 36.5 Å². The van der Waals surface area contributed by atoms with Crippen LogP contribution < -0.4 is 0 Å². The number of aromatic nitrogens is 3. The number of non-ortho nitro benzene ring substituents is 1. The number of fused-ring (bicyclic) bond motifs is 1. The van der Waals surface area contributed by atoms with Crippen molar-refractivity contribution in [2.24, 2.45) is 0 Å². The minimum atomic E-state index is -0.497. The van der Waals surface area contributed by atoms with Crippen LogP contribution in [0.3, 0.4) is 0 Å². The topological polar surface area (TPSA) is 111 Å². The minimum Gasteiger partial charge on any atom is -0.464 e. The first kappa shape index (κ1) is 13.7. The molecule has 0 spiro atoms. The molecule has 2 aromatic heterocycles. The third-order valence-corrected chi connectivity index (χ3v) is 3.21. The fourth-order valence-electron chi connectivity index (χ4n) is 2.15. The van der Waals surface area contributed by atoms with E-state index in [1.165, 1.54) is 31.5 Å². The Bertz CT molecular complexity index is 887. The predicted molar refractivity (Wildman–Crippen MR) is 77.3 cm³/mol. The lowest BCUT2D eigenvalue weighted by atomic mass is 10.1. The molecule has 0 aliphatic rings. The van der Waals surface area contributed by atoms with Crippen LogP contribution in [0.25, 0.3) is 22.2 Å². The fourth-order valence-corrected chi connectivity index (χ4v) is 2.15. The summed E-state index contributed by atoms with van der Waals surface area (Å²) < 4.78 is 4.64. The molecular formula is C14H10N4O4. The third-order valence-electron chi connectivity index (χ3n) is 3.21. The van der Waals surface area contributed by atoms with Crippen LogP contribution >= 0.6 is 0 Å². The van der Waals surface area contributed by atoms with Gasteiger partial charge in [0.2, 0.25) is 0 Å². The number of hydrogen-bond donors (Lipinski definition) is 1. The monoisotopic (exact) mass is 298 g/mol. The summed E-state index contributed by atoms with van der Waals surface area (Å²) in [5, 5.41) is 19.3. The van der Waals surface area contributed by atoms with Gasteiger partial charge in [0.15, 0.2) is 0 Å². The van der Waals surface area contributed by atoms with Gasteiger partial charge >= 0.3 is 5.97 Å². The molecule has 3 rings (SSSR count). The molecule has 0 bridgehead atoms. The summed E-state index contributed by atoms with van der Waals surface area (Å²) in [4.78, 5) is 24.9. The van der Waals surface area contributed by atoms with Crippen molar-refractivity contribution in [2.45, 2.75) is 0 Å². The molecule has 0 unspecified atom stereocenters. The first-order valence-corrected chi connectivity index (χ1v) is 6.27. The Morgan fingerprint density at radius 3 is 2.86 bits per heavy atom. The van der Waals surface area contributed by atoms with Crippen molar-refractivity contribution in [1.29, 1.82) is 0 Å². The number of nitrogens with one attached hydrogen (secondary N) is 1. The molecule has 22 heavy (non-hydrogen) atoms. The zero-order chi connectivity index (χ0) is 15.7. The smallest absolute Gasteiger partial charge is 0.354 e. The lowest BCUT2D eigenvalue weighted by Crippen LogP contribution is -2.01. The molecule has 1 N–H and O–H groups in total. The van der Waals surface area contributed by atoms with Crippen LogP contribution in [0.2, 0.25) is 0 Å². The highest BCUT2D eigenvalue weighted by atomic mass is 16.6. The number of nitro groups is 1. The first-order chi connectivity index (χ1) is 10.6. The van der Waals surface area contributed by atoms with Crippen molar-refractivity contribution in [3.05, 3.63) is 52.3 Å². The molecule has 8 heteroatoms. The molecule has 2 heterocycles. The number of hydrogen-bond acceptors (Lipinski definition) is 6.